The number of likely N-dealkylation sites (tertiary alicyclic amines) is 1. The number of urea groups is 1. The minimum absolute atomic E-state index is 0.0612. The molecule has 1 saturated heterocycles. The molecule has 0 saturated carbocycles. The standard InChI is InChI=1S/C19H18F2N2O2/c20-15-6-7-17(16(21)12-15)22-19(25)23-10-8-14(9-11-23)18(24)13-4-2-1-3-5-13/h1-7,12,14H,8-11H2,(H,22,25). The van der Waals surface area contributed by atoms with E-state index in [0.29, 0.717) is 31.5 Å². The number of piperidine rings is 1. The van der Waals surface area contributed by atoms with Crippen LogP contribution in [0.3, 0.4) is 0 Å². The molecule has 0 atom stereocenters. The van der Waals surface area contributed by atoms with Crippen LogP contribution in [0.15, 0.2) is 48.5 Å². The molecule has 25 heavy (non-hydrogen) atoms. The summed E-state index contributed by atoms with van der Waals surface area (Å²) in [6, 6.07) is 11.6. The van der Waals surface area contributed by atoms with Gasteiger partial charge in [0.15, 0.2) is 5.78 Å². The van der Waals surface area contributed by atoms with Crippen LogP contribution >= 0.6 is 0 Å². The third-order valence-corrected chi connectivity index (χ3v) is 4.38. The van der Waals surface area contributed by atoms with Gasteiger partial charge in [0.25, 0.3) is 0 Å². The highest BCUT2D eigenvalue weighted by Gasteiger charge is 2.28. The molecule has 0 unspecified atom stereocenters. The molecule has 130 valence electrons. The van der Waals surface area contributed by atoms with Crippen LogP contribution in [0.5, 0.6) is 0 Å². The molecule has 1 aliphatic heterocycles. The van der Waals surface area contributed by atoms with E-state index in [1.807, 2.05) is 18.2 Å². The van der Waals surface area contributed by atoms with Crippen LogP contribution in [-0.4, -0.2) is 29.8 Å². The lowest BCUT2D eigenvalue weighted by molar-refractivity contribution is 0.0859. The Balaban J connectivity index is 1.56. The van der Waals surface area contributed by atoms with Crippen LogP contribution in [0.2, 0.25) is 0 Å². The summed E-state index contributed by atoms with van der Waals surface area (Å²) >= 11 is 0. The second kappa shape index (κ2) is 7.42. The number of rotatable bonds is 3. The van der Waals surface area contributed by atoms with E-state index < -0.39 is 17.7 Å². The lowest BCUT2D eigenvalue weighted by Gasteiger charge is -2.31. The van der Waals surface area contributed by atoms with Crippen LogP contribution < -0.4 is 5.32 Å². The van der Waals surface area contributed by atoms with Crippen molar-refractivity contribution in [3.05, 3.63) is 65.7 Å². The fourth-order valence-electron chi connectivity index (χ4n) is 2.97. The van der Waals surface area contributed by atoms with Crippen LogP contribution in [-0.2, 0) is 0 Å². The summed E-state index contributed by atoms with van der Waals surface area (Å²) in [6.45, 7) is 0.829. The Morgan fingerprint density at radius 3 is 2.32 bits per heavy atom. The second-order valence-corrected chi connectivity index (χ2v) is 6.05. The van der Waals surface area contributed by atoms with Crippen molar-refractivity contribution in [3.8, 4) is 0 Å². The summed E-state index contributed by atoms with van der Waals surface area (Å²) in [5.41, 5.74) is 0.618. The van der Waals surface area contributed by atoms with E-state index in [-0.39, 0.29) is 17.4 Å². The zero-order valence-electron chi connectivity index (χ0n) is 13.5. The van der Waals surface area contributed by atoms with Crippen LogP contribution in [0, 0.1) is 17.6 Å². The van der Waals surface area contributed by atoms with E-state index in [4.69, 9.17) is 0 Å². The van der Waals surface area contributed by atoms with Gasteiger partial charge in [0.2, 0.25) is 0 Å². The van der Waals surface area contributed by atoms with Crippen molar-refractivity contribution >= 4 is 17.5 Å². The van der Waals surface area contributed by atoms with Crippen molar-refractivity contribution in [2.75, 3.05) is 18.4 Å². The number of nitrogens with one attached hydrogen (secondary N) is 1. The van der Waals surface area contributed by atoms with Gasteiger partial charge < -0.3 is 10.2 Å². The molecule has 1 aliphatic rings. The number of carbonyl (C=O) groups excluding carboxylic acids is 2. The van der Waals surface area contributed by atoms with Crippen molar-refractivity contribution in [2.24, 2.45) is 5.92 Å². The van der Waals surface area contributed by atoms with Gasteiger partial charge in [-0.2, -0.15) is 0 Å². The summed E-state index contributed by atoms with van der Waals surface area (Å²) in [7, 11) is 0. The van der Waals surface area contributed by atoms with Gasteiger partial charge >= 0.3 is 6.03 Å². The van der Waals surface area contributed by atoms with Gasteiger partial charge in [-0.05, 0) is 25.0 Å². The Morgan fingerprint density at radius 2 is 1.68 bits per heavy atom. The van der Waals surface area contributed by atoms with Gasteiger partial charge in [0.05, 0.1) is 5.69 Å². The number of benzene rings is 2. The molecule has 2 aromatic rings. The number of hydrogen-bond donors (Lipinski definition) is 1. The fourth-order valence-corrected chi connectivity index (χ4v) is 2.97. The first-order chi connectivity index (χ1) is 12.0. The lowest BCUT2D eigenvalue weighted by Crippen LogP contribution is -2.42. The van der Waals surface area contributed by atoms with Gasteiger partial charge in [-0.25, -0.2) is 13.6 Å². The molecule has 6 heteroatoms. The van der Waals surface area contributed by atoms with Gasteiger partial charge in [0.1, 0.15) is 11.6 Å². The SMILES string of the molecule is O=C(c1ccccc1)C1CCN(C(=O)Nc2ccc(F)cc2F)CC1. The smallest absolute Gasteiger partial charge is 0.321 e. The summed E-state index contributed by atoms with van der Waals surface area (Å²) in [5.74, 6) is -1.54. The maximum absolute atomic E-state index is 13.6. The number of Topliss-reactive ketones (excluding diaryl/α,β-unsaturated/α-hetero) is 1. The minimum atomic E-state index is -0.817. The van der Waals surface area contributed by atoms with Gasteiger partial charge in [-0.3, -0.25) is 4.79 Å². The number of anilines is 1. The Morgan fingerprint density at radius 1 is 1.00 bits per heavy atom. The van der Waals surface area contributed by atoms with Gasteiger partial charge in [-0.15, -0.1) is 0 Å². The first kappa shape index (κ1) is 17.1. The number of nitrogens with zero attached hydrogens (tertiary/aromatic N) is 1. The molecule has 1 heterocycles. The third kappa shape index (κ3) is 4.02. The van der Waals surface area contributed by atoms with Crippen molar-refractivity contribution < 1.29 is 18.4 Å². The highest BCUT2D eigenvalue weighted by molar-refractivity contribution is 5.98. The van der Waals surface area contributed by atoms with Crippen LogP contribution in [0.25, 0.3) is 0 Å². The normalized spacial score (nSPS) is 15.0. The number of halogens is 2. The van der Waals surface area contributed by atoms with Gasteiger partial charge in [-0.1, -0.05) is 30.3 Å². The first-order valence-electron chi connectivity index (χ1n) is 8.15. The predicted octanol–water partition coefficient (Wildman–Crippen LogP) is 4.09. The van der Waals surface area contributed by atoms with E-state index >= 15 is 0 Å². The molecule has 3 rings (SSSR count). The Labute approximate surface area is 144 Å². The molecule has 0 radical (unpaired) electrons. The summed E-state index contributed by atoms with van der Waals surface area (Å²) in [6.07, 6.45) is 1.13. The van der Waals surface area contributed by atoms with Gasteiger partial charge in [0, 0.05) is 30.6 Å². The average Bonchev–Trinajstić information content (AvgIpc) is 2.64. The van der Waals surface area contributed by atoms with Crippen LogP contribution in [0.4, 0.5) is 19.3 Å². The second-order valence-electron chi connectivity index (χ2n) is 6.05. The molecular weight excluding hydrogens is 326 g/mol. The van der Waals surface area contributed by atoms with Crippen LogP contribution in [0.1, 0.15) is 23.2 Å². The zero-order chi connectivity index (χ0) is 17.8. The number of amides is 2. The molecular formula is C19H18F2N2O2. The topological polar surface area (TPSA) is 49.4 Å². The molecule has 2 aromatic carbocycles. The zero-order valence-corrected chi connectivity index (χ0v) is 13.5. The Kier molecular flexibility index (Phi) is 5.07. The predicted molar refractivity (Wildman–Crippen MR) is 90.4 cm³/mol. The molecule has 0 bridgehead atoms. The maximum Gasteiger partial charge on any atom is 0.321 e. The largest absolute Gasteiger partial charge is 0.324 e. The monoisotopic (exact) mass is 344 g/mol. The minimum Gasteiger partial charge on any atom is -0.324 e. The number of hydrogen-bond acceptors (Lipinski definition) is 2. The highest BCUT2D eigenvalue weighted by Crippen LogP contribution is 2.23. The maximum atomic E-state index is 13.6. The Bertz CT molecular complexity index is 772. The molecule has 1 N–H and O–H groups in total. The molecule has 0 aromatic heterocycles. The summed E-state index contributed by atoms with van der Waals surface area (Å²) in [4.78, 5) is 26.2. The highest BCUT2D eigenvalue weighted by atomic mass is 19.1. The van der Waals surface area contributed by atoms with E-state index in [2.05, 4.69) is 5.32 Å². The summed E-state index contributed by atoms with van der Waals surface area (Å²) in [5, 5.41) is 2.44. The molecule has 0 spiro atoms. The quantitative estimate of drug-likeness (QED) is 0.853. The molecule has 0 aliphatic carbocycles. The molecule has 4 nitrogen and oxygen atoms in total. The van der Waals surface area contributed by atoms with E-state index in [0.717, 1.165) is 12.1 Å². The van der Waals surface area contributed by atoms with Crippen molar-refractivity contribution in [1.82, 2.24) is 4.90 Å². The molecule has 2 amide bonds. The lowest BCUT2D eigenvalue weighted by atomic mass is 9.89. The fraction of sp³-hybridized carbons (Fsp3) is 0.263. The number of carbonyl (C=O) groups is 2. The Hall–Kier alpha value is -2.76. The first-order valence-corrected chi connectivity index (χ1v) is 8.15. The average molecular weight is 344 g/mol. The van der Waals surface area contributed by atoms with E-state index in [9.17, 15) is 18.4 Å². The number of ketones is 1. The third-order valence-electron chi connectivity index (χ3n) is 4.38. The van der Waals surface area contributed by atoms with E-state index in [1.165, 1.54) is 11.0 Å². The van der Waals surface area contributed by atoms with E-state index in [1.54, 1.807) is 12.1 Å². The molecule has 1 fully saturated rings. The van der Waals surface area contributed by atoms with Crippen molar-refractivity contribution in [1.29, 1.82) is 0 Å². The van der Waals surface area contributed by atoms with Crippen molar-refractivity contribution in [2.45, 2.75) is 12.8 Å². The summed E-state index contributed by atoms with van der Waals surface area (Å²) < 4.78 is 26.5. The van der Waals surface area contributed by atoms with Crippen molar-refractivity contribution in [3.63, 3.8) is 0 Å².